The summed E-state index contributed by atoms with van der Waals surface area (Å²) in [6, 6.07) is 8.11. The van der Waals surface area contributed by atoms with Crippen LogP contribution in [0.15, 0.2) is 36.7 Å². The number of nitrogens with zero attached hydrogens (tertiary/aromatic N) is 2. The summed E-state index contributed by atoms with van der Waals surface area (Å²) < 4.78 is 5.72. The van der Waals surface area contributed by atoms with Gasteiger partial charge in [0.05, 0.1) is 18.1 Å². The van der Waals surface area contributed by atoms with Gasteiger partial charge in [0, 0.05) is 0 Å². The standard InChI is InChI=1S/C15H17ClN2O/c1-15(2,3)11-5-4-6-13(7-11)19-10-12-8-18-14(16)9-17-12/h4-9H,10H2,1-3H3. The number of rotatable bonds is 3. The van der Waals surface area contributed by atoms with Crippen molar-refractivity contribution in [2.45, 2.75) is 32.8 Å². The van der Waals surface area contributed by atoms with E-state index < -0.39 is 0 Å². The van der Waals surface area contributed by atoms with Crippen molar-refractivity contribution < 1.29 is 4.74 Å². The van der Waals surface area contributed by atoms with Crippen molar-refractivity contribution in [2.75, 3.05) is 0 Å². The molecule has 0 radical (unpaired) electrons. The molecule has 0 aliphatic rings. The number of halogens is 1. The molecule has 0 bridgehead atoms. The first-order valence-electron chi connectivity index (χ1n) is 6.15. The molecule has 0 saturated carbocycles. The summed E-state index contributed by atoms with van der Waals surface area (Å²) in [5, 5.41) is 0.387. The molecule has 0 saturated heterocycles. The molecule has 0 aliphatic carbocycles. The van der Waals surface area contributed by atoms with E-state index in [1.807, 2.05) is 12.1 Å². The van der Waals surface area contributed by atoms with Crippen molar-refractivity contribution >= 4 is 11.6 Å². The van der Waals surface area contributed by atoms with Crippen LogP contribution < -0.4 is 4.74 Å². The summed E-state index contributed by atoms with van der Waals surface area (Å²) in [6.45, 7) is 6.92. The Morgan fingerprint density at radius 2 is 1.95 bits per heavy atom. The van der Waals surface area contributed by atoms with Crippen molar-refractivity contribution in [1.29, 1.82) is 0 Å². The predicted molar refractivity (Wildman–Crippen MR) is 76.5 cm³/mol. The third-order valence-corrected chi connectivity index (χ3v) is 2.96. The Labute approximate surface area is 118 Å². The van der Waals surface area contributed by atoms with E-state index in [0.29, 0.717) is 11.8 Å². The van der Waals surface area contributed by atoms with E-state index in [2.05, 4.69) is 42.9 Å². The molecule has 0 amide bonds. The molecule has 4 heteroatoms. The quantitative estimate of drug-likeness (QED) is 0.850. The lowest BCUT2D eigenvalue weighted by Crippen LogP contribution is -2.11. The van der Waals surface area contributed by atoms with Crippen molar-refractivity contribution in [2.24, 2.45) is 0 Å². The fraction of sp³-hybridized carbons (Fsp3) is 0.333. The van der Waals surface area contributed by atoms with Gasteiger partial charge in [-0.25, -0.2) is 4.98 Å². The molecule has 0 N–H and O–H groups in total. The monoisotopic (exact) mass is 276 g/mol. The van der Waals surface area contributed by atoms with Crippen molar-refractivity contribution in [3.8, 4) is 5.75 Å². The minimum absolute atomic E-state index is 0.111. The summed E-state index contributed by atoms with van der Waals surface area (Å²) in [6.07, 6.45) is 3.14. The smallest absolute Gasteiger partial charge is 0.147 e. The largest absolute Gasteiger partial charge is 0.487 e. The highest BCUT2D eigenvalue weighted by Crippen LogP contribution is 2.25. The van der Waals surface area contributed by atoms with Gasteiger partial charge in [-0.3, -0.25) is 4.98 Å². The van der Waals surface area contributed by atoms with Gasteiger partial charge in [-0.1, -0.05) is 44.5 Å². The molecule has 2 rings (SSSR count). The average molecular weight is 277 g/mol. The summed E-state index contributed by atoms with van der Waals surface area (Å²) in [7, 11) is 0. The number of benzene rings is 1. The van der Waals surface area contributed by atoms with Crippen molar-refractivity contribution in [3.63, 3.8) is 0 Å². The van der Waals surface area contributed by atoms with Crippen LogP contribution in [0.25, 0.3) is 0 Å². The lowest BCUT2D eigenvalue weighted by atomic mass is 9.87. The summed E-state index contributed by atoms with van der Waals surface area (Å²) >= 11 is 5.69. The summed E-state index contributed by atoms with van der Waals surface area (Å²) in [4.78, 5) is 8.12. The summed E-state index contributed by atoms with van der Waals surface area (Å²) in [5.41, 5.74) is 2.11. The van der Waals surface area contributed by atoms with Crippen LogP contribution in [0.2, 0.25) is 5.15 Å². The second-order valence-corrected chi connectivity index (χ2v) is 5.78. The molecule has 0 unspecified atom stereocenters. The van der Waals surface area contributed by atoms with E-state index in [1.165, 1.54) is 11.8 Å². The van der Waals surface area contributed by atoms with Crippen LogP contribution in [0.1, 0.15) is 32.0 Å². The second kappa shape index (κ2) is 5.57. The van der Waals surface area contributed by atoms with E-state index in [-0.39, 0.29) is 5.41 Å². The van der Waals surface area contributed by atoms with Crippen LogP contribution in [0.5, 0.6) is 5.75 Å². The fourth-order valence-corrected chi connectivity index (χ4v) is 1.72. The SMILES string of the molecule is CC(C)(C)c1cccc(OCc2cnc(Cl)cn2)c1. The van der Waals surface area contributed by atoms with Crippen LogP contribution in [-0.2, 0) is 12.0 Å². The van der Waals surface area contributed by atoms with Gasteiger partial charge in [0.25, 0.3) is 0 Å². The Balaban J connectivity index is 2.05. The third kappa shape index (κ3) is 3.93. The van der Waals surface area contributed by atoms with Gasteiger partial charge < -0.3 is 4.74 Å². The zero-order valence-corrected chi connectivity index (χ0v) is 12.1. The number of ether oxygens (including phenoxy) is 1. The van der Waals surface area contributed by atoms with Crippen LogP contribution >= 0.6 is 11.6 Å². The van der Waals surface area contributed by atoms with Crippen molar-refractivity contribution in [3.05, 3.63) is 53.1 Å². The first-order valence-corrected chi connectivity index (χ1v) is 6.53. The Morgan fingerprint density at radius 1 is 1.16 bits per heavy atom. The molecule has 19 heavy (non-hydrogen) atoms. The summed E-state index contributed by atoms with van der Waals surface area (Å²) in [5.74, 6) is 0.837. The fourth-order valence-electron chi connectivity index (χ4n) is 1.62. The van der Waals surface area contributed by atoms with Crippen LogP contribution in [0.3, 0.4) is 0 Å². The maximum atomic E-state index is 5.72. The molecule has 1 aromatic heterocycles. The van der Waals surface area contributed by atoms with E-state index >= 15 is 0 Å². The maximum Gasteiger partial charge on any atom is 0.147 e. The molecule has 1 aromatic carbocycles. The lowest BCUT2D eigenvalue weighted by Gasteiger charge is -2.19. The molecule has 0 atom stereocenters. The van der Waals surface area contributed by atoms with Gasteiger partial charge in [0.2, 0.25) is 0 Å². The topological polar surface area (TPSA) is 35.0 Å². The maximum absolute atomic E-state index is 5.72. The third-order valence-electron chi connectivity index (χ3n) is 2.76. The molecule has 3 nitrogen and oxygen atoms in total. The van der Waals surface area contributed by atoms with Gasteiger partial charge >= 0.3 is 0 Å². The Morgan fingerprint density at radius 3 is 2.58 bits per heavy atom. The van der Waals surface area contributed by atoms with Crippen LogP contribution in [0, 0.1) is 0 Å². The Hall–Kier alpha value is -1.61. The molecule has 0 aliphatic heterocycles. The molecule has 0 fully saturated rings. The lowest BCUT2D eigenvalue weighted by molar-refractivity contribution is 0.300. The van der Waals surface area contributed by atoms with Gasteiger partial charge in [0.15, 0.2) is 0 Å². The molecular formula is C15H17ClN2O. The number of hydrogen-bond donors (Lipinski definition) is 0. The Bertz CT molecular complexity index is 547. The van der Waals surface area contributed by atoms with Gasteiger partial charge in [0.1, 0.15) is 17.5 Å². The van der Waals surface area contributed by atoms with Gasteiger partial charge in [-0.15, -0.1) is 0 Å². The minimum atomic E-state index is 0.111. The molecule has 0 spiro atoms. The molecule has 2 aromatic rings. The molecule has 100 valence electrons. The van der Waals surface area contributed by atoms with E-state index in [4.69, 9.17) is 16.3 Å². The van der Waals surface area contributed by atoms with Crippen molar-refractivity contribution in [1.82, 2.24) is 9.97 Å². The van der Waals surface area contributed by atoms with Gasteiger partial charge in [-0.05, 0) is 23.1 Å². The highest BCUT2D eigenvalue weighted by molar-refractivity contribution is 6.29. The van der Waals surface area contributed by atoms with Gasteiger partial charge in [-0.2, -0.15) is 0 Å². The van der Waals surface area contributed by atoms with E-state index in [0.717, 1.165) is 11.4 Å². The minimum Gasteiger partial charge on any atom is -0.487 e. The van der Waals surface area contributed by atoms with Crippen LogP contribution in [0.4, 0.5) is 0 Å². The Kier molecular flexibility index (Phi) is 4.05. The molecular weight excluding hydrogens is 260 g/mol. The number of hydrogen-bond acceptors (Lipinski definition) is 3. The molecule has 1 heterocycles. The number of aromatic nitrogens is 2. The van der Waals surface area contributed by atoms with E-state index in [9.17, 15) is 0 Å². The first-order chi connectivity index (χ1) is 8.95. The zero-order valence-electron chi connectivity index (χ0n) is 11.4. The van der Waals surface area contributed by atoms with E-state index in [1.54, 1.807) is 6.20 Å². The highest BCUT2D eigenvalue weighted by atomic mass is 35.5. The average Bonchev–Trinajstić information content (AvgIpc) is 2.37. The predicted octanol–water partition coefficient (Wildman–Crippen LogP) is 4.01. The zero-order chi connectivity index (χ0) is 13.9. The highest BCUT2D eigenvalue weighted by Gasteiger charge is 2.13. The first kappa shape index (κ1) is 13.8. The second-order valence-electron chi connectivity index (χ2n) is 5.40. The van der Waals surface area contributed by atoms with Crippen LogP contribution in [-0.4, -0.2) is 9.97 Å². The normalized spacial score (nSPS) is 11.4.